The second kappa shape index (κ2) is 7.91. The minimum atomic E-state index is -0.0920. The summed E-state index contributed by atoms with van der Waals surface area (Å²) in [4.78, 5) is 0. The van der Waals surface area contributed by atoms with E-state index in [0.29, 0.717) is 13.2 Å². The first kappa shape index (κ1) is 18.3. The average Bonchev–Trinajstić information content (AvgIpc) is 2.60. The topological polar surface area (TPSA) is 36.9 Å². The Kier molecular flexibility index (Phi) is 5.37. The number of rotatable bonds is 8. The molecule has 2 aliphatic heterocycles. The molecule has 0 spiro atoms. The highest BCUT2D eigenvalue weighted by Gasteiger charge is 2.24. The zero-order chi connectivity index (χ0) is 18.7. The second-order valence-electron chi connectivity index (χ2n) is 7.86. The minimum Gasteiger partial charge on any atom is -0.491 e. The normalized spacial score (nSPS) is 21.9. The lowest BCUT2D eigenvalue weighted by Crippen LogP contribution is -2.32. The SMILES string of the molecule is CC(C)(c1ccc(OCC2CCO2)cc1)c1ccc(OCC2CCO2)cc1. The van der Waals surface area contributed by atoms with Crippen molar-refractivity contribution in [3.05, 3.63) is 59.7 Å². The molecule has 2 aromatic carbocycles. The molecule has 0 aromatic heterocycles. The minimum absolute atomic E-state index is 0.0920. The molecule has 4 heteroatoms. The van der Waals surface area contributed by atoms with E-state index in [-0.39, 0.29) is 17.6 Å². The van der Waals surface area contributed by atoms with Gasteiger partial charge in [-0.15, -0.1) is 0 Å². The zero-order valence-corrected chi connectivity index (χ0v) is 16.1. The predicted octanol–water partition coefficient (Wildman–Crippen LogP) is 4.35. The molecule has 2 aliphatic rings. The largest absolute Gasteiger partial charge is 0.491 e. The molecule has 27 heavy (non-hydrogen) atoms. The summed E-state index contributed by atoms with van der Waals surface area (Å²) >= 11 is 0. The fourth-order valence-electron chi connectivity index (χ4n) is 3.31. The summed E-state index contributed by atoms with van der Waals surface area (Å²) in [7, 11) is 0. The molecular weight excluding hydrogens is 340 g/mol. The van der Waals surface area contributed by atoms with E-state index in [4.69, 9.17) is 18.9 Å². The summed E-state index contributed by atoms with van der Waals surface area (Å²) in [6, 6.07) is 16.8. The van der Waals surface area contributed by atoms with Crippen molar-refractivity contribution in [1.82, 2.24) is 0 Å². The van der Waals surface area contributed by atoms with Crippen molar-refractivity contribution in [3.63, 3.8) is 0 Å². The van der Waals surface area contributed by atoms with E-state index in [0.717, 1.165) is 37.6 Å². The number of hydrogen-bond acceptors (Lipinski definition) is 4. The van der Waals surface area contributed by atoms with E-state index in [9.17, 15) is 0 Å². The van der Waals surface area contributed by atoms with Crippen molar-refractivity contribution in [2.45, 2.75) is 44.3 Å². The van der Waals surface area contributed by atoms with Gasteiger partial charge in [-0.1, -0.05) is 38.1 Å². The molecule has 2 atom stereocenters. The van der Waals surface area contributed by atoms with Gasteiger partial charge >= 0.3 is 0 Å². The molecule has 0 radical (unpaired) electrons. The highest BCUT2D eigenvalue weighted by molar-refractivity contribution is 5.41. The van der Waals surface area contributed by atoms with E-state index in [2.05, 4.69) is 38.1 Å². The Balaban J connectivity index is 1.37. The van der Waals surface area contributed by atoms with Crippen LogP contribution in [0.15, 0.2) is 48.5 Å². The molecule has 2 unspecified atom stereocenters. The van der Waals surface area contributed by atoms with Crippen LogP contribution in [0.2, 0.25) is 0 Å². The van der Waals surface area contributed by atoms with Crippen LogP contribution in [0.3, 0.4) is 0 Å². The molecule has 0 amide bonds. The van der Waals surface area contributed by atoms with Gasteiger partial charge < -0.3 is 18.9 Å². The average molecular weight is 368 g/mol. The van der Waals surface area contributed by atoms with Crippen LogP contribution in [0.5, 0.6) is 11.5 Å². The van der Waals surface area contributed by atoms with E-state index in [1.54, 1.807) is 0 Å². The lowest BCUT2D eigenvalue weighted by atomic mass is 9.78. The Morgan fingerprint density at radius 3 is 1.41 bits per heavy atom. The van der Waals surface area contributed by atoms with Gasteiger partial charge in [-0.3, -0.25) is 0 Å². The third-order valence-corrected chi connectivity index (χ3v) is 5.61. The van der Waals surface area contributed by atoms with Crippen molar-refractivity contribution >= 4 is 0 Å². The van der Waals surface area contributed by atoms with E-state index >= 15 is 0 Å². The number of ether oxygens (including phenoxy) is 4. The molecule has 2 aromatic rings. The van der Waals surface area contributed by atoms with Gasteiger partial charge in [-0.25, -0.2) is 0 Å². The van der Waals surface area contributed by atoms with E-state index < -0.39 is 0 Å². The third kappa shape index (κ3) is 4.28. The quantitative estimate of drug-likeness (QED) is 0.694. The fourth-order valence-corrected chi connectivity index (χ4v) is 3.31. The highest BCUT2D eigenvalue weighted by atomic mass is 16.6. The highest BCUT2D eigenvalue weighted by Crippen LogP contribution is 2.33. The fraction of sp³-hybridized carbons (Fsp3) is 0.478. The Labute approximate surface area is 161 Å². The van der Waals surface area contributed by atoms with Gasteiger partial charge in [-0.2, -0.15) is 0 Å². The lowest BCUT2D eigenvalue weighted by molar-refractivity contribution is -0.0721. The monoisotopic (exact) mass is 368 g/mol. The van der Waals surface area contributed by atoms with Crippen LogP contribution in [0.1, 0.15) is 37.8 Å². The van der Waals surface area contributed by atoms with Crippen LogP contribution < -0.4 is 9.47 Å². The van der Waals surface area contributed by atoms with Crippen molar-refractivity contribution in [3.8, 4) is 11.5 Å². The maximum absolute atomic E-state index is 5.81. The van der Waals surface area contributed by atoms with Gasteiger partial charge in [0.2, 0.25) is 0 Å². The van der Waals surface area contributed by atoms with Crippen molar-refractivity contribution in [2.75, 3.05) is 26.4 Å². The van der Waals surface area contributed by atoms with Gasteiger partial charge in [0.15, 0.2) is 0 Å². The van der Waals surface area contributed by atoms with Gasteiger partial charge in [0.05, 0.1) is 12.2 Å². The molecular formula is C23H28O4. The first-order valence-electron chi connectivity index (χ1n) is 9.81. The molecule has 4 nitrogen and oxygen atoms in total. The van der Waals surface area contributed by atoms with Crippen LogP contribution in [0.4, 0.5) is 0 Å². The van der Waals surface area contributed by atoms with Gasteiger partial charge in [0, 0.05) is 31.5 Å². The smallest absolute Gasteiger partial charge is 0.119 e. The maximum atomic E-state index is 5.81. The molecule has 0 aliphatic carbocycles. The Hall–Kier alpha value is -2.04. The van der Waals surface area contributed by atoms with Gasteiger partial charge in [0.1, 0.15) is 24.7 Å². The summed E-state index contributed by atoms with van der Waals surface area (Å²) in [5, 5.41) is 0. The second-order valence-corrected chi connectivity index (χ2v) is 7.86. The Morgan fingerprint density at radius 1 is 0.741 bits per heavy atom. The summed E-state index contributed by atoms with van der Waals surface area (Å²) in [5.74, 6) is 1.79. The van der Waals surface area contributed by atoms with Crippen molar-refractivity contribution < 1.29 is 18.9 Å². The summed E-state index contributed by atoms with van der Waals surface area (Å²) in [5.41, 5.74) is 2.42. The standard InChI is InChI=1S/C23H28O4/c1-23(2,17-3-7-19(8-4-17)26-15-21-11-13-24-21)18-5-9-20(10-6-18)27-16-22-12-14-25-22/h3-10,21-22H,11-16H2,1-2H3. The lowest BCUT2D eigenvalue weighted by Gasteiger charge is -2.28. The van der Waals surface area contributed by atoms with Crippen LogP contribution in [-0.4, -0.2) is 38.6 Å². The van der Waals surface area contributed by atoms with Crippen LogP contribution in [-0.2, 0) is 14.9 Å². The van der Waals surface area contributed by atoms with Crippen LogP contribution in [0.25, 0.3) is 0 Å². The summed E-state index contributed by atoms with van der Waals surface area (Å²) in [6.45, 7) is 7.47. The first-order chi connectivity index (χ1) is 13.1. The molecule has 4 rings (SSSR count). The zero-order valence-electron chi connectivity index (χ0n) is 16.1. The maximum Gasteiger partial charge on any atom is 0.119 e. The molecule has 0 saturated carbocycles. The molecule has 2 saturated heterocycles. The molecule has 144 valence electrons. The first-order valence-corrected chi connectivity index (χ1v) is 9.81. The summed E-state index contributed by atoms with van der Waals surface area (Å²) in [6.07, 6.45) is 2.72. The molecule has 0 N–H and O–H groups in total. The number of hydrogen-bond donors (Lipinski definition) is 0. The van der Waals surface area contributed by atoms with E-state index in [1.165, 1.54) is 11.1 Å². The van der Waals surface area contributed by atoms with Gasteiger partial charge in [-0.05, 0) is 35.4 Å². The molecule has 2 fully saturated rings. The summed E-state index contributed by atoms with van der Waals surface area (Å²) < 4.78 is 22.4. The van der Waals surface area contributed by atoms with E-state index in [1.807, 2.05) is 24.3 Å². The Morgan fingerprint density at radius 2 is 1.11 bits per heavy atom. The third-order valence-electron chi connectivity index (χ3n) is 5.61. The van der Waals surface area contributed by atoms with Crippen LogP contribution >= 0.6 is 0 Å². The molecule has 2 heterocycles. The Bertz CT molecular complexity index is 664. The predicted molar refractivity (Wildman–Crippen MR) is 105 cm³/mol. The van der Waals surface area contributed by atoms with Crippen molar-refractivity contribution in [2.24, 2.45) is 0 Å². The number of benzene rings is 2. The molecule has 0 bridgehead atoms. The van der Waals surface area contributed by atoms with Crippen molar-refractivity contribution in [1.29, 1.82) is 0 Å². The van der Waals surface area contributed by atoms with Gasteiger partial charge in [0.25, 0.3) is 0 Å². The van der Waals surface area contributed by atoms with Crippen LogP contribution in [0, 0.1) is 0 Å².